The monoisotopic (exact) mass is 223 g/mol. The zero-order valence-electron chi connectivity index (χ0n) is 10.1. The number of hydrogen-bond donors (Lipinski definition) is 1. The molecule has 1 aromatic rings. The van der Waals surface area contributed by atoms with Crippen molar-refractivity contribution in [2.75, 3.05) is 31.7 Å². The summed E-state index contributed by atoms with van der Waals surface area (Å²) in [6, 6.07) is 7.96. The maximum atomic E-state index is 8.87. The molecular weight excluding hydrogens is 202 g/mol. The van der Waals surface area contributed by atoms with Crippen molar-refractivity contribution in [3.63, 3.8) is 0 Å². The molecule has 0 aliphatic heterocycles. The average molecular weight is 223 g/mol. The summed E-state index contributed by atoms with van der Waals surface area (Å²) >= 11 is 0. The number of benzene rings is 1. The fraction of sp³-hybridized carbons (Fsp3) is 0.538. The van der Waals surface area contributed by atoms with E-state index in [1.165, 1.54) is 0 Å². The lowest BCUT2D eigenvalue weighted by atomic mass is 10.2. The molecule has 0 aliphatic carbocycles. The third-order valence-electron chi connectivity index (χ3n) is 2.46. The molecule has 0 bridgehead atoms. The minimum Gasteiger partial charge on any atom is -0.494 e. The van der Waals surface area contributed by atoms with E-state index in [0.29, 0.717) is 6.54 Å². The van der Waals surface area contributed by atoms with E-state index >= 15 is 0 Å². The van der Waals surface area contributed by atoms with E-state index in [1.54, 1.807) is 0 Å². The van der Waals surface area contributed by atoms with Crippen molar-refractivity contribution in [2.45, 2.75) is 19.8 Å². The second-order valence-corrected chi connectivity index (χ2v) is 3.84. The van der Waals surface area contributed by atoms with E-state index in [9.17, 15) is 0 Å². The van der Waals surface area contributed by atoms with Crippen LogP contribution in [0.4, 0.5) is 5.69 Å². The van der Waals surface area contributed by atoms with Gasteiger partial charge in [-0.25, -0.2) is 0 Å². The summed E-state index contributed by atoms with van der Waals surface area (Å²) in [5, 5.41) is 8.87. The van der Waals surface area contributed by atoms with Gasteiger partial charge in [-0.3, -0.25) is 0 Å². The van der Waals surface area contributed by atoms with Gasteiger partial charge in [-0.05, 0) is 18.6 Å². The highest BCUT2D eigenvalue weighted by molar-refractivity contribution is 5.50. The van der Waals surface area contributed by atoms with Crippen LogP contribution in [-0.2, 0) is 0 Å². The van der Waals surface area contributed by atoms with Gasteiger partial charge in [0.25, 0.3) is 0 Å². The van der Waals surface area contributed by atoms with Gasteiger partial charge in [0.2, 0.25) is 0 Å². The van der Waals surface area contributed by atoms with Gasteiger partial charge in [0.05, 0.1) is 13.2 Å². The molecule has 3 heteroatoms. The fourth-order valence-corrected chi connectivity index (χ4v) is 1.42. The Kier molecular flexibility index (Phi) is 5.72. The molecule has 0 aliphatic rings. The Morgan fingerprint density at radius 2 is 2.19 bits per heavy atom. The first-order valence-electron chi connectivity index (χ1n) is 5.82. The van der Waals surface area contributed by atoms with Crippen LogP contribution in [0.1, 0.15) is 19.8 Å². The molecule has 0 fully saturated rings. The van der Waals surface area contributed by atoms with Crippen LogP contribution in [0.15, 0.2) is 24.3 Å². The molecular formula is C13H21NO2. The zero-order valence-corrected chi connectivity index (χ0v) is 10.1. The molecule has 0 atom stereocenters. The maximum Gasteiger partial charge on any atom is 0.121 e. The first-order chi connectivity index (χ1) is 7.77. The molecule has 1 N–H and O–H groups in total. The summed E-state index contributed by atoms with van der Waals surface area (Å²) in [5.74, 6) is 0.899. The summed E-state index contributed by atoms with van der Waals surface area (Å²) < 4.78 is 5.63. The minimum absolute atomic E-state index is 0.164. The van der Waals surface area contributed by atoms with Crippen molar-refractivity contribution in [1.82, 2.24) is 0 Å². The van der Waals surface area contributed by atoms with Gasteiger partial charge in [-0.2, -0.15) is 0 Å². The Morgan fingerprint density at radius 3 is 2.88 bits per heavy atom. The van der Waals surface area contributed by atoms with Crippen molar-refractivity contribution in [3.05, 3.63) is 24.3 Å². The van der Waals surface area contributed by atoms with Gasteiger partial charge in [-0.15, -0.1) is 0 Å². The van der Waals surface area contributed by atoms with Gasteiger partial charge in [0.1, 0.15) is 5.75 Å². The van der Waals surface area contributed by atoms with E-state index in [-0.39, 0.29) is 6.61 Å². The molecule has 90 valence electrons. The van der Waals surface area contributed by atoms with Crippen molar-refractivity contribution in [2.24, 2.45) is 0 Å². The Bertz CT molecular complexity index is 302. The molecule has 0 heterocycles. The lowest BCUT2D eigenvalue weighted by molar-refractivity contribution is 0.303. The van der Waals surface area contributed by atoms with Gasteiger partial charge in [0.15, 0.2) is 0 Å². The Labute approximate surface area is 97.7 Å². The fourth-order valence-electron chi connectivity index (χ4n) is 1.42. The summed E-state index contributed by atoms with van der Waals surface area (Å²) in [6.45, 7) is 3.72. The number of ether oxygens (including phenoxy) is 1. The SMILES string of the molecule is CCCCOc1cccc(N(C)CCO)c1. The normalized spacial score (nSPS) is 10.2. The molecule has 0 unspecified atom stereocenters. The van der Waals surface area contributed by atoms with Crippen LogP contribution in [-0.4, -0.2) is 31.9 Å². The van der Waals surface area contributed by atoms with Crippen molar-refractivity contribution in [3.8, 4) is 5.75 Å². The second-order valence-electron chi connectivity index (χ2n) is 3.84. The molecule has 3 nitrogen and oxygen atoms in total. The van der Waals surface area contributed by atoms with Crippen LogP contribution in [0.25, 0.3) is 0 Å². The van der Waals surface area contributed by atoms with Gasteiger partial charge >= 0.3 is 0 Å². The number of aliphatic hydroxyl groups is 1. The predicted molar refractivity (Wildman–Crippen MR) is 67.2 cm³/mol. The Balaban J connectivity index is 2.56. The first kappa shape index (κ1) is 12.8. The highest BCUT2D eigenvalue weighted by Gasteiger charge is 2.01. The summed E-state index contributed by atoms with van der Waals surface area (Å²) in [7, 11) is 1.96. The zero-order chi connectivity index (χ0) is 11.8. The van der Waals surface area contributed by atoms with Crippen molar-refractivity contribution < 1.29 is 9.84 Å². The van der Waals surface area contributed by atoms with E-state index in [4.69, 9.17) is 9.84 Å². The third kappa shape index (κ3) is 4.11. The maximum absolute atomic E-state index is 8.87. The van der Waals surface area contributed by atoms with E-state index in [1.807, 2.05) is 36.2 Å². The topological polar surface area (TPSA) is 32.7 Å². The van der Waals surface area contributed by atoms with Crippen LogP contribution in [0, 0.1) is 0 Å². The Hall–Kier alpha value is -1.22. The summed E-state index contributed by atoms with van der Waals surface area (Å²) in [4.78, 5) is 2.01. The van der Waals surface area contributed by atoms with Crippen LogP contribution in [0.3, 0.4) is 0 Å². The lowest BCUT2D eigenvalue weighted by Crippen LogP contribution is -2.20. The number of nitrogens with zero attached hydrogens (tertiary/aromatic N) is 1. The summed E-state index contributed by atoms with van der Waals surface area (Å²) in [6.07, 6.45) is 2.22. The number of anilines is 1. The van der Waals surface area contributed by atoms with Gasteiger partial charge in [-0.1, -0.05) is 19.4 Å². The number of unbranched alkanes of at least 4 members (excludes halogenated alkanes) is 1. The van der Waals surface area contributed by atoms with E-state index in [0.717, 1.165) is 30.9 Å². The number of hydrogen-bond acceptors (Lipinski definition) is 3. The number of rotatable bonds is 7. The minimum atomic E-state index is 0.164. The number of likely N-dealkylation sites (N-methyl/N-ethyl adjacent to an activating group) is 1. The smallest absolute Gasteiger partial charge is 0.121 e. The van der Waals surface area contributed by atoms with Crippen LogP contribution in [0.2, 0.25) is 0 Å². The van der Waals surface area contributed by atoms with Gasteiger partial charge in [0, 0.05) is 25.3 Å². The quantitative estimate of drug-likeness (QED) is 0.720. The van der Waals surface area contributed by atoms with Crippen LogP contribution >= 0.6 is 0 Å². The van der Waals surface area contributed by atoms with E-state index in [2.05, 4.69) is 6.92 Å². The molecule has 0 amide bonds. The molecule has 0 spiro atoms. The highest BCUT2D eigenvalue weighted by Crippen LogP contribution is 2.20. The standard InChI is InChI=1S/C13H21NO2/c1-3-4-10-16-13-7-5-6-12(11-13)14(2)8-9-15/h5-7,11,15H,3-4,8-10H2,1-2H3. The molecule has 16 heavy (non-hydrogen) atoms. The van der Waals surface area contributed by atoms with Crippen LogP contribution < -0.4 is 9.64 Å². The van der Waals surface area contributed by atoms with Gasteiger partial charge < -0.3 is 14.7 Å². The Morgan fingerprint density at radius 1 is 1.38 bits per heavy atom. The molecule has 0 aromatic heterocycles. The number of aliphatic hydroxyl groups excluding tert-OH is 1. The predicted octanol–water partition coefficient (Wildman–Crippen LogP) is 2.29. The molecule has 0 radical (unpaired) electrons. The van der Waals surface area contributed by atoms with Crippen molar-refractivity contribution >= 4 is 5.69 Å². The van der Waals surface area contributed by atoms with E-state index < -0.39 is 0 Å². The average Bonchev–Trinajstić information content (AvgIpc) is 2.30. The molecule has 1 rings (SSSR count). The second kappa shape index (κ2) is 7.12. The molecule has 0 saturated carbocycles. The molecule has 1 aromatic carbocycles. The summed E-state index contributed by atoms with van der Waals surface area (Å²) in [5.41, 5.74) is 1.07. The first-order valence-corrected chi connectivity index (χ1v) is 5.82. The molecule has 0 saturated heterocycles. The largest absolute Gasteiger partial charge is 0.494 e. The highest BCUT2D eigenvalue weighted by atomic mass is 16.5. The van der Waals surface area contributed by atoms with Crippen molar-refractivity contribution in [1.29, 1.82) is 0 Å². The van der Waals surface area contributed by atoms with Crippen LogP contribution in [0.5, 0.6) is 5.75 Å². The third-order valence-corrected chi connectivity index (χ3v) is 2.46. The lowest BCUT2D eigenvalue weighted by Gasteiger charge is -2.18.